The van der Waals surface area contributed by atoms with Crippen LogP contribution in [0.15, 0.2) is 31.7 Å². The molecule has 4 heteroatoms. The van der Waals surface area contributed by atoms with Gasteiger partial charge in [0.2, 0.25) is 0 Å². The second-order valence-corrected chi connectivity index (χ2v) is 7.70. The normalized spacial score (nSPS) is 9.27. The van der Waals surface area contributed by atoms with Crippen molar-refractivity contribution < 1.29 is 0 Å². The fourth-order valence-corrected chi connectivity index (χ4v) is 5.31. The van der Waals surface area contributed by atoms with Crippen LogP contribution in [-0.4, -0.2) is 23.0 Å². The first-order valence-corrected chi connectivity index (χ1v) is 10.1. The van der Waals surface area contributed by atoms with Gasteiger partial charge in [0.05, 0.1) is 23.0 Å². The highest BCUT2D eigenvalue weighted by molar-refractivity contribution is 8.05. The van der Waals surface area contributed by atoms with E-state index in [-0.39, 0.29) is 0 Å². The van der Waals surface area contributed by atoms with Gasteiger partial charge in [-0.15, -0.1) is 72.7 Å². The minimum Gasteiger partial charge on any atom is -0.119 e. The molecule has 110 valence electrons. The Labute approximate surface area is 150 Å². The van der Waals surface area contributed by atoms with E-state index in [2.05, 4.69) is 35.8 Å². The topological polar surface area (TPSA) is 0 Å². The molecule has 0 atom stereocenters. The summed E-state index contributed by atoms with van der Waals surface area (Å²) in [6.07, 6.45) is 21.6. The van der Waals surface area contributed by atoms with Gasteiger partial charge in [-0.1, -0.05) is 23.7 Å². The van der Waals surface area contributed by atoms with Crippen molar-refractivity contribution in [3.05, 3.63) is 12.1 Å². The monoisotopic (exact) mass is 358 g/mol. The van der Waals surface area contributed by atoms with Crippen molar-refractivity contribution >= 4 is 47.0 Å². The summed E-state index contributed by atoms with van der Waals surface area (Å²) in [5, 5.41) is 0. The molecule has 0 aliphatic rings. The van der Waals surface area contributed by atoms with Gasteiger partial charge in [0.15, 0.2) is 0 Å². The van der Waals surface area contributed by atoms with Crippen molar-refractivity contribution in [1.82, 2.24) is 0 Å². The van der Waals surface area contributed by atoms with Gasteiger partial charge >= 0.3 is 0 Å². The molecule has 0 saturated carbocycles. The van der Waals surface area contributed by atoms with Gasteiger partial charge in [-0.2, -0.15) is 0 Å². The molecule has 0 nitrogen and oxygen atoms in total. The zero-order valence-corrected chi connectivity index (χ0v) is 15.2. The van der Waals surface area contributed by atoms with Crippen LogP contribution in [0.25, 0.3) is 0 Å². The molecule has 1 aromatic carbocycles. The smallest absolute Gasteiger partial charge is 0.0592 e. The molecule has 0 aliphatic carbocycles. The van der Waals surface area contributed by atoms with E-state index in [1.54, 1.807) is 47.0 Å². The minimum absolute atomic E-state index is 0.608. The summed E-state index contributed by atoms with van der Waals surface area (Å²) in [5.41, 5.74) is 0. The minimum atomic E-state index is 0.608. The summed E-state index contributed by atoms with van der Waals surface area (Å²) in [6, 6.07) is 4.17. The Bertz CT molecular complexity index is 604. The largest absolute Gasteiger partial charge is 0.119 e. The van der Waals surface area contributed by atoms with Crippen LogP contribution in [0.2, 0.25) is 0 Å². The van der Waals surface area contributed by atoms with E-state index < -0.39 is 0 Å². The molecule has 0 N–H and O–H groups in total. The van der Waals surface area contributed by atoms with Crippen LogP contribution in [0, 0.1) is 49.4 Å². The fraction of sp³-hybridized carbons (Fsp3) is 0.222. The summed E-state index contributed by atoms with van der Waals surface area (Å²) in [5.74, 6) is 13.1. The van der Waals surface area contributed by atoms with Crippen molar-refractivity contribution in [2.45, 2.75) is 19.6 Å². The molecular weight excluding hydrogens is 344 g/mol. The zero-order valence-electron chi connectivity index (χ0n) is 11.9. The SMILES string of the molecule is C#CCSc1ccc(SCC#C)c(SCC#C)c1SCC#C. The molecule has 0 fully saturated rings. The Morgan fingerprint density at radius 1 is 0.591 bits per heavy atom. The number of benzene rings is 1. The molecule has 1 aromatic rings. The number of thioether (sulfide) groups is 4. The second kappa shape index (κ2) is 11.4. The molecule has 0 bridgehead atoms. The molecule has 0 radical (unpaired) electrons. The highest BCUT2D eigenvalue weighted by atomic mass is 32.2. The van der Waals surface area contributed by atoms with Crippen molar-refractivity contribution in [3.8, 4) is 49.4 Å². The van der Waals surface area contributed by atoms with E-state index >= 15 is 0 Å². The van der Waals surface area contributed by atoms with Crippen molar-refractivity contribution in [3.63, 3.8) is 0 Å². The van der Waals surface area contributed by atoms with Gasteiger partial charge in [-0.3, -0.25) is 0 Å². The molecule has 0 spiro atoms. The summed E-state index contributed by atoms with van der Waals surface area (Å²) in [7, 11) is 0. The lowest BCUT2D eigenvalue weighted by atomic mass is 10.3. The molecule has 0 unspecified atom stereocenters. The van der Waals surface area contributed by atoms with E-state index in [4.69, 9.17) is 25.7 Å². The fourth-order valence-electron chi connectivity index (χ4n) is 1.49. The quantitative estimate of drug-likeness (QED) is 0.492. The Morgan fingerprint density at radius 3 is 1.23 bits per heavy atom. The lowest BCUT2D eigenvalue weighted by Crippen LogP contribution is -1.91. The lowest BCUT2D eigenvalue weighted by Gasteiger charge is -2.15. The highest BCUT2D eigenvalue weighted by Gasteiger charge is 2.15. The van der Waals surface area contributed by atoms with Gasteiger partial charge in [0.1, 0.15) is 0 Å². The highest BCUT2D eigenvalue weighted by Crippen LogP contribution is 2.43. The van der Waals surface area contributed by atoms with E-state index in [0.717, 1.165) is 19.6 Å². The molecular formula is C18H14S4. The van der Waals surface area contributed by atoms with Crippen molar-refractivity contribution in [2.75, 3.05) is 23.0 Å². The third-order valence-corrected chi connectivity index (χ3v) is 6.62. The van der Waals surface area contributed by atoms with Crippen LogP contribution < -0.4 is 0 Å². The Hall–Kier alpha value is -1.14. The Morgan fingerprint density at radius 2 is 0.909 bits per heavy atom. The maximum absolute atomic E-state index is 5.41. The zero-order chi connectivity index (χ0) is 16.2. The van der Waals surface area contributed by atoms with E-state index in [1.807, 2.05) is 0 Å². The molecule has 0 heterocycles. The van der Waals surface area contributed by atoms with Crippen molar-refractivity contribution in [1.29, 1.82) is 0 Å². The molecule has 22 heavy (non-hydrogen) atoms. The maximum atomic E-state index is 5.41. The first kappa shape index (κ1) is 18.9. The molecule has 0 aliphatic heterocycles. The molecule has 0 amide bonds. The average Bonchev–Trinajstić information content (AvgIpc) is 2.55. The molecule has 0 aromatic heterocycles. The summed E-state index contributed by atoms with van der Waals surface area (Å²) in [6.45, 7) is 0. The Balaban J connectivity index is 3.25. The third-order valence-electron chi connectivity index (χ3n) is 2.26. The van der Waals surface area contributed by atoms with Crippen LogP contribution in [0.1, 0.15) is 0 Å². The number of hydrogen-bond acceptors (Lipinski definition) is 4. The first-order chi connectivity index (χ1) is 10.8. The predicted octanol–water partition coefficient (Wildman–Crippen LogP) is 4.59. The number of rotatable bonds is 8. The molecule has 1 rings (SSSR count). The van der Waals surface area contributed by atoms with Gasteiger partial charge < -0.3 is 0 Å². The van der Waals surface area contributed by atoms with Gasteiger partial charge in [-0.05, 0) is 12.1 Å². The Kier molecular flexibility index (Phi) is 9.82. The standard InChI is InChI=1S/C18H14S4/c1-5-11-19-15-9-10-16(20-12-6-2)18(22-14-8-4)17(15)21-13-7-3/h1-4,9-10H,11-14H2. The average molecular weight is 359 g/mol. The first-order valence-electron chi connectivity index (χ1n) is 6.20. The maximum Gasteiger partial charge on any atom is 0.0592 e. The number of terminal acetylenes is 4. The lowest BCUT2D eigenvalue weighted by molar-refractivity contribution is 1.03. The van der Waals surface area contributed by atoms with E-state index in [0.29, 0.717) is 23.0 Å². The van der Waals surface area contributed by atoms with Gasteiger partial charge in [0, 0.05) is 19.6 Å². The van der Waals surface area contributed by atoms with Crippen LogP contribution in [0.5, 0.6) is 0 Å². The number of hydrogen-bond donors (Lipinski definition) is 0. The van der Waals surface area contributed by atoms with Crippen LogP contribution >= 0.6 is 47.0 Å². The third kappa shape index (κ3) is 5.93. The van der Waals surface area contributed by atoms with Crippen LogP contribution in [0.3, 0.4) is 0 Å². The summed E-state index contributed by atoms with van der Waals surface area (Å²) >= 11 is 6.56. The molecule has 0 saturated heterocycles. The second-order valence-electron chi connectivity index (χ2n) is 3.69. The van der Waals surface area contributed by atoms with Crippen molar-refractivity contribution in [2.24, 2.45) is 0 Å². The van der Waals surface area contributed by atoms with Gasteiger partial charge in [-0.25, -0.2) is 0 Å². The van der Waals surface area contributed by atoms with Gasteiger partial charge in [0.25, 0.3) is 0 Å². The van der Waals surface area contributed by atoms with Crippen LogP contribution in [0.4, 0.5) is 0 Å². The summed E-state index contributed by atoms with van der Waals surface area (Å²) in [4.78, 5) is 4.59. The summed E-state index contributed by atoms with van der Waals surface area (Å²) < 4.78 is 0. The predicted molar refractivity (Wildman–Crippen MR) is 105 cm³/mol. The van der Waals surface area contributed by atoms with E-state index in [9.17, 15) is 0 Å². The van der Waals surface area contributed by atoms with E-state index in [1.165, 1.54) is 0 Å². The van der Waals surface area contributed by atoms with Crippen LogP contribution in [-0.2, 0) is 0 Å².